The highest BCUT2D eigenvalue weighted by molar-refractivity contribution is 5.86. The van der Waals surface area contributed by atoms with Crippen molar-refractivity contribution in [1.29, 1.82) is 0 Å². The number of piperidine rings is 1. The number of pyridine rings is 1. The number of ether oxygens (including phenoxy) is 1. The first-order valence-electron chi connectivity index (χ1n) is 10.4. The van der Waals surface area contributed by atoms with Crippen LogP contribution in [0, 0.1) is 5.92 Å². The zero-order valence-electron chi connectivity index (χ0n) is 17.0. The van der Waals surface area contributed by atoms with Crippen molar-refractivity contribution in [2.24, 2.45) is 5.92 Å². The summed E-state index contributed by atoms with van der Waals surface area (Å²) in [6, 6.07) is 6.07. The lowest BCUT2D eigenvalue weighted by atomic mass is 9.83. The number of carbonyl (C=O) groups is 1. The Balaban J connectivity index is 1.59. The molecule has 0 bridgehead atoms. The second-order valence-corrected chi connectivity index (χ2v) is 8.32. The van der Waals surface area contributed by atoms with Crippen molar-refractivity contribution < 1.29 is 22.7 Å². The van der Waals surface area contributed by atoms with Gasteiger partial charge in [0.2, 0.25) is 5.91 Å². The molecule has 2 aliphatic heterocycles. The summed E-state index contributed by atoms with van der Waals surface area (Å²) in [4.78, 5) is 20.9. The highest BCUT2D eigenvalue weighted by atomic mass is 19.4. The Morgan fingerprint density at radius 3 is 2.70 bits per heavy atom. The maximum Gasteiger partial charge on any atom is 0.418 e. The van der Waals surface area contributed by atoms with Gasteiger partial charge in [0.15, 0.2) is 0 Å². The normalized spacial score (nSPS) is 23.7. The van der Waals surface area contributed by atoms with Crippen LogP contribution in [0.5, 0.6) is 0 Å². The van der Waals surface area contributed by atoms with Gasteiger partial charge in [-0.15, -0.1) is 0 Å². The predicted octanol–water partition coefficient (Wildman–Crippen LogP) is 3.54. The molecule has 2 atom stereocenters. The number of aromatic nitrogens is 1. The number of rotatable bonds is 3. The molecule has 2 fully saturated rings. The third-order valence-corrected chi connectivity index (χ3v) is 6.02. The number of carbonyl (C=O) groups excluding carboxylic acids is 1. The highest BCUT2D eigenvalue weighted by Gasteiger charge is 2.35. The molecule has 2 aliphatic rings. The molecular formula is C22H26F3N3O2. The monoisotopic (exact) mass is 421 g/mol. The van der Waals surface area contributed by atoms with Gasteiger partial charge in [0, 0.05) is 43.7 Å². The quantitative estimate of drug-likeness (QED) is 0.761. The molecule has 5 nitrogen and oxygen atoms in total. The van der Waals surface area contributed by atoms with Crippen molar-refractivity contribution in [3.05, 3.63) is 41.6 Å². The number of amides is 1. The molecule has 2 saturated heterocycles. The van der Waals surface area contributed by atoms with Gasteiger partial charge in [0.1, 0.15) is 0 Å². The average Bonchev–Trinajstić information content (AvgIpc) is 2.72. The minimum absolute atomic E-state index is 0.0172. The minimum Gasteiger partial charge on any atom is -0.379 e. The van der Waals surface area contributed by atoms with E-state index in [1.165, 1.54) is 6.20 Å². The van der Waals surface area contributed by atoms with Crippen LogP contribution in [0.4, 0.5) is 13.2 Å². The van der Waals surface area contributed by atoms with Crippen molar-refractivity contribution in [3.63, 3.8) is 0 Å². The fourth-order valence-corrected chi connectivity index (χ4v) is 4.61. The van der Waals surface area contributed by atoms with Crippen LogP contribution >= 0.6 is 0 Å². The van der Waals surface area contributed by atoms with E-state index in [1.54, 1.807) is 18.2 Å². The zero-order valence-corrected chi connectivity index (χ0v) is 17.0. The van der Waals surface area contributed by atoms with Crippen molar-refractivity contribution in [2.75, 3.05) is 45.9 Å². The molecule has 0 radical (unpaired) electrons. The topological polar surface area (TPSA) is 45.7 Å². The van der Waals surface area contributed by atoms with Gasteiger partial charge < -0.3 is 9.64 Å². The number of halogens is 3. The second kappa shape index (κ2) is 8.51. The molecule has 4 rings (SSSR count). The van der Waals surface area contributed by atoms with Gasteiger partial charge in [-0.25, -0.2) is 0 Å². The smallest absolute Gasteiger partial charge is 0.379 e. The Morgan fingerprint density at radius 1 is 1.20 bits per heavy atom. The van der Waals surface area contributed by atoms with Crippen LogP contribution in [0.15, 0.2) is 30.5 Å². The largest absolute Gasteiger partial charge is 0.418 e. The fraction of sp³-hybridized carbons (Fsp3) is 0.545. The first-order chi connectivity index (χ1) is 14.3. The molecule has 3 heterocycles. The van der Waals surface area contributed by atoms with Crippen molar-refractivity contribution in [1.82, 2.24) is 14.8 Å². The van der Waals surface area contributed by atoms with E-state index in [-0.39, 0.29) is 23.3 Å². The van der Waals surface area contributed by atoms with Gasteiger partial charge in [-0.1, -0.05) is 19.1 Å². The molecule has 30 heavy (non-hydrogen) atoms. The Kier molecular flexibility index (Phi) is 5.97. The van der Waals surface area contributed by atoms with E-state index in [0.29, 0.717) is 38.2 Å². The first-order valence-corrected chi connectivity index (χ1v) is 10.4. The number of benzene rings is 1. The number of alkyl halides is 3. The molecule has 1 aromatic heterocycles. The summed E-state index contributed by atoms with van der Waals surface area (Å²) < 4.78 is 45.7. The van der Waals surface area contributed by atoms with E-state index in [9.17, 15) is 18.0 Å². The summed E-state index contributed by atoms with van der Waals surface area (Å²) in [7, 11) is 0. The van der Waals surface area contributed by atoms with Crippen molar-refractivity contribution in [3.8, 4) is 0 Å². The standard InChI is InChI=1S/C22H26F3N3O2/c1-15-11-16(13-28(12-15)20(29)14-27-7-9-30-10-8-27)17-4-5-19(22(23,24)25)21-18(17)3-2-6-26-21/h2-6,15-16H,7-14H2,1H3. The maximum atomic E-state index is 13.4. The van der Waals surface area contributed by atoms with E-state index < -0.39 is 11.7 Å². The Labute approximate surface area is 173 Å². The summed E-state index contributed by atoms with van der Waals surface area (Å²) in [5, 5.41) is 0.520. The summed E-state index contributed by atoms with van der Waals surface area (Å²) in [6.45, 7) is 6.40. The Hall–Kier alpha value is -2.19. The molecule has 2 aromatic rings. The third-order valence-electron chi connectivity index (χ3n) is 6.02. The fourth-order valence-electron chi connectivity index (χ4n) is 4.61. The third kappa shape index (κ3) is 4.44. The molecule has 0 N–H and O–H groups in total. The van der Waals surface area contributed by atoms with E-state index in [0.717, 1.165) is 31.1 Å². The van der Waals surface area contributed by atoms with E-state index >= 15 is 0 Å². The molecule has 8 heteroatoms. The predicted molar refractivity (Wildman–Crippen MR) is 107 cm³/mol. The lowest BCUT2D eigenvalue weighted by molar-refractivity contribution is -0.136. The molecule has 2 unspecified atom stereocenters. The van der Waals surface area contributed by atoms with Crippen LogP contribution in [0.25, 0.3) is 10.9 Å². The highest BCUT2D eigenvalue weighted by Crippen LogP contribution is 2.39. The van der Waals surface area contributed by atoms with Gasteiger partial charge >= 0.3 is 6.18 Å². The number of morpholine rings is 1. The van der Waals surface area contributed by atoms with E-state index in [2.05, 4.69) is 16.8 Å². The van der Waals surface area contributed by atoms with Gasteiger partial charge in [0.05, 0.1) is 30.8 Å². The lowest BCUT2D eigenvalue weighted by Crippen LogP contribution is -2.48. The minimum atomic E-state index is -4.45. The summed E-state index contributed by atoms with van der Waals surface area (Å²) >= 11 is 0. The van der Waals surface area contributed by atoms with Crippen LogP contribution in [0.1, 0.15) is 30.4 Å². The molecule has 0 saturated carbocycles. The molecule has 0 aliphatic carbocycles. The molecular weight excluding hydrogens is 395 g/mol. The Bertz CT molecular complexity index is 912. The van der Waals surface area contributed by atoms with E-state index in [1.807, 2.05) is 4.90 Å². The second-order valence-electron chi connectivity index (χ2n) is 8.32. The number of nitrogens with zero attached hydrogens (tertiary/aromatic N) is 3. The summed E-state index contributed by atoms with van der Waals surface area (Å²) in [5.41, 5.74) is 0.0969. The van der Waals surface area contributed by atoms with Gasteiger partial charge in [-0.2, -0.15) is 13.2 Å². The number of fused-ring (bicyclic) bond motifs is 1. The van der Waals surface area contributed by atoms with Crippen LogP contribution in [0.2, 0.25) is 0 Å². The lowest BCUT2D eigenvalue weighted by Gasteiger charge is -2.38. The van der Waals surface area contributed by atoms with Crippen molar-refractivity contribution in [2.45, 2.75) is 25.4 Å². The summed E-state index contributed by atoms with van der Waals surface area (Å²) in [6.07, 6.45) is -2.23. The maximum absolute atomic E-state index is 13.4. The van der Waals surface area contributed by atoms with Crippen molar-refractivity contribution >= 4 is 16.8 Å². The number of hydrogen-bond acceptors (Lipinski definition) is 4. The Morgan fingerprint density at radius 2 is 1.97 bits per heavy atom. The average molecular weight is 421 g/mol. The van der Waals surface area contributed by atoms with Crippen LogP contribution in [-0.2, 0) is 15.7 Å². The van der Waals surface area contributed by atoms with Crippen LogP contribution in [0.3, 0.4) is 0 Å². The summed E-state index contributed by atoms with van der Waals surface area (Å²) in [5.74, 6) is 0.325. The molecule has 162 valence electrons. The van der Waals surface area contributed by atoms with Gasteiger partial charge in [-0.05, 0) is 30.0 Å². The SMILES string of the molecule is CC1CC(c2ccc(C(F)(F)F)c3ncccc23)CN(C(=O)CN2CCOCC2)C1. The zero-order chi connectivity index (χ0) is 21.3. The van der Waals surface area contributed by atoms with Gasteiger partial charge in [0.25, 0.3) is 0 Å². The van der Waals surface area contributed by atoms with Gasteiger partial charge in [-0.3, -0.25) is 14.7 Å². The van der Waals surface area contributed by atoms with E-state index in [4.69, 9.17) is 4.74 Å². The van der Waals surface area contributed by atoms with Crippen LogP contribution in [-0.4, -0.2) is 66.6 Å². The molecule has 0 spiro atoms. The number of likely N-dealkylation sites (tertiary alicyclic amines) is 1. The molecule has 1 aromatic carbocycles. The number of hydrogen-bond donors (Lipinski definition) is 0. The van der Waals surface area contributed by atoms with Crippen LogP contribution < -0.4 is 0 Å². The molecule has 1 amide bonds. The first kappa shape index (κ1) is 21.1.